The number of hydrogen-bond donors (Lipinski definition) is 2. The molecule has 3 atom stereocenters. The Kier molecular flexibility index (Phi) is 4.40. The number of nitrogens with zero attached hydrogens (tertiary/aromatic N) is 7. The molecule has 0 amide bonds. The molecule has 1 aliphatic carbocycles. The highest BCUT2D eigenvalue weighted by Crippen LogP contribution is 2.38. The molecule has 2 N–H and O–H groups in total. The van der Waals surface area contributed by atoms with Crippen LogP contribution in [0.3, 0.4) is 0 Å². The predicted octanol–water partition coefficient (Wildman–Crippen LogP) is 1.78. The molecule has 5 rings (SSSR count). The molecule has 0 saturated heterocycles. The molecule has 4 aromatic heterocycles. The van der Waals surface area contributed by atoms with E-state index in [1.165, 1.54) is 6.42 Å². The van der Waals surface area contributed by atoms with Crippen molar-refractivity contribution in [1.29, 1.82) is 0 Å². The van der Waals surface area contributed by atoms with Crippen LogP contribution in [0.15, 0.2) is 43.2 Å². The Labute approximate surface area is 167 Å². The zero-order chi connectivity index (χ0) is 20.0. The Balaban J connectivity index is 1.52. The van der Waals surface area contributed by atoms with Crippen LogP contribution in [0.4, 0.5) is 0 Å². The first-order valence-corrected chi connectivity index (χ1v) is 9.83. The van der Waals surface area contributed by atoms with Gasteiger partial charge in [-0.3, -0.25) is 9.36 Å². The molecule has 0 aliphatic heterocycles. The van der Waals surface area contributed by atoms with E-state index in [9.17, 15) is 5.11 Å². The fourth-order valence-electron chi connectivity index (χ4n) is 3.83. The van der Waals surface area contributed by atoms with Crippen LogP contribution < -0.4 is 0 Å². The zero-order valence-electron chi connectivity index (χ0n) is 16.1. The predicted molar refractivity (Wildman–Crippen MR) is 106 cm³/mol. The topological polar surface area (TPSA) is 106 Å². The molecule has 0 aromatic carbocycles. The van der Waals surface area contributed by atoms with Gasteiger partial charge in [-0.25, -0.2) is 9.50 Å². The number of fused-ring (bicyclic) bond motifs is 1. The van der Waals surface area contributed by atoms with E-state index < -0.39 is 6.10 Å². The van der Waals surface area contributed by atoms with Gasteiger partial charge in [0.1, 0.15) is 0 Å². The number of aromatic nitrogens is 7. The summed E-state index contributed by atoms with van der Waals surface area (Å²) in [5.74, 6) is 0.650. The Morgan fingerprint density at radius 2 is 1.97 bits per heavy atom. The third-order valence-electron chi connectivity index (χ3n) is 5.72. The molecule has 1 fully saturated rings. The monoisotopic (exact) mass is 393 g/mol. The fourth-order valence-corrected chi connectivity index (χ4v) is 3.83. The van der Waals surface area contributed by atoms with Crippen LogP contribution in [0.1, 0.15) is 25.8 Å². The van der Waals surface area contributed by atoms with E-state index >= 15 is 0 Å². The summed E-state index contributed by atoms with van der Waals surface area (Å²) in [6.45, 7) is 2.18. The zero-order valence-corrected chi connectivity index (χ0v) is 16.1. The van der Waals surface area contributed by atoms with Gasteiger partial charge in [0.15, 0.2) is 0 Å². The molecule has 0 bridgehead atoms. The van der Waals surface area contributed by atoms with E-state index in [-0.39, 0.29) is 13.2 Å². The van der Waals surface area contributed by atoms with E-state index in [0.717, 1.165) is 34.5 Å². The lowest BCUT2D eigenvalue weighted by Gasteiger charge is -2.33. The van der Waals surface area contributed by atoms with Crippen LogP contribution >= 0.6 is 0 Å². The SMILES string of the molecule is C[C@@H]1CC[C@@H]1n1cc(-c2nc(-c3cnn(C[C@@H](O)CO)c3)cn3nccc23)cn1. The second-order valence-electron chi connectivity index (χ2n) is 7.75. The van der Waals surface area contributed by atoms with E-state index in [1.54, 1.807) is 27.8 Å². The molecule has 9 heteroatoms. The third kappa shape index (κ3) is 3.22. The van der Waals surface area contributed by atoms with Crippen molar-refractivity contribution in [1.82, 2.24) is 34.2 Å². The van der Waals surface area contributed by atoms with E-state index in [1.807, 2.05) is 18.5 Å². The number of aliphatic hydroxyl groups excluding tert-OH is 2. The van der Waals surface area contributed by atoms with Crippen molar-refractivity contribution in [3.8, 4) is 22.5 Å². The van der Waals surface area contributed by atoms with E-state index in [0.29, 0.717) is 12.0 Å². The van der Waals surface area contributed by atoms with Crippen LogP contribution in [-0.2, 0) is 6.54 Å². The molecule has 29 heavy (non-hydrogen) atoms. The molecular formula is C20H23N7O2. The summed E-state index contributed by atoms with van der Waals surface area (Å²) in [6.07, 6.45) is 12.6. The molecule has 9 nitrogen and oxygen atoms in total. The minimum absolute atomic E-state index is 0.222. The van der Waals surface area contributed by atoms with Gasteiger partial charge in [0, 0.05) is 23.5 Å². The van der Waals surface area contributed by atoms with Crippen LogP contribution in [0.5, 0.6) is 0 Å². The molecule has 0 unspecified atom stereocenters. The van der Waals surface area contributed by atoms with Crippen LogP contribution in [0, 0.1) is 5.92 Å². The van der Waals surface area contributed by atoms with Crippen LogP contribution in [0.25, 0.3) is 28.0 Å². The van der Waals surface area contributed by atoms with Crippen molar-refractivity contribution >= 4 is 5.52 Å². The maximum atomic E-state index is 9.64. The molecule has 0 spiro atoms. The number of aliphatic hydroxyl groups is 2. The third-order valence-corrected chi connectivity index (χ3v) is 5.72. The maximum absolute atomic E-state index is 9.64. The van der Waals surface area contributed by atoms with Gasteiger partial charge in [0.25, 0.3) is 0 Å². The Morgan fingerprint density at radius 3 is 2.72 bits per heavy atom. The minimum atomic E-state index is -0.848. The number of hydrogen-bond acceptors (Lipinski definition) is 6. The average Bonchev–Trinajstić information content (AvgIpc) is 3.46. The van der Waals surface area contributed by atoms with Gasteiger partial charge in [-0.1, -0.05) is 6.92 Å². The molecule has 150 valence electrons. The first-order valence-electron chi connectivity index (χ1n) is 9.83. The van der Waals surface area contributed by atoms with Crippen molar-refractivity contribution in [3.63, 3.8) is 0 Å². The minimum Gasteiger partial charge on any atom is -0.394 e. The Morgan fingerprint density at radius 1 is 1.10 bits per heavy atom. The summed E-state index contributed by atoms with van der Waals surface area (Å²) in [5.41, 5.74) is 4.23. The average molecular weight is 393 g/mol. The lowest BCUT2D eigenvalue weighted by Crippen LogP contribution is -2.26. The molecule has 1 saturated carbocycles. The summed E-state index contributed by atoms with van der Waals surface area (Å²) in [4.78, 5) is 4.88. The van der Waals surface area contributed by atoms with Crippen molar-refractivity contribution < 1.29 is 10.2 Å². The van der Waals surface area contributed by atoms with Gasteiger partial charge in [-0.2, -0.15) is 15.3 Å². The quantitative estimate of drug-likeness (QED) is 0.517. The van der Waals surface area contributed by atoms with Crippen LogP contribution in [0.2, 0.25) is 0 Å². The Hall–Kier alpha value is -3.04. The van der Waals surface area contributed by atoms with Crippen molar-refractivity contribution in [3.05, 3.63) is 43.2 Å². The summed E-state index contributed by atoms with van der Waals surface area (Å²) in [6, 6.07) is 2.40. The van der Waals surface area contributed by atoms with E-state index in [2.05, 4.69) is 33.1 Å². The standard InChI is InChI=1S/C20H23N7O2/c1-13-2-3-18(13)26-9-15(7-23-26)20-19-4-5-21-27(19)11-17(24-20)14-6-22-25(8-14)10-16(29)12-28/h4-9,11,13,16,18,28-29H,2-3,10,12H2,1H3/t13-,16-,18+/m1/s1. The first-order chi connectivity index (χ1) is 14.1. The van der Waals surface area contributed by atoms with Gasteiger partial charge in [-0.15, -0.1) is 0 Å². The molecule has 0 radical (unpaired) electrons. The van der Waals surface area contributed by atoms with Crippen molar-refractivity contribution in [2.75, 3.05) is 6.61 Å². The van der Waals surface area contributed by atoms with Crippen molar-refractivity contribution in [2.24, 2.45) is 5.92 Å². The fraction of sp³-hybridized carbons (Fsp3) is 0.400. The normalized spacial score (nSPS) is 20.1. The number of rotatable bonds is 6. The lowest BCUT2D eigenvalue weighted by molar-refractivity contribution is 0.0783. The Bertz CT molecular complexity index is 1140. The van der Waals surface area contributed by atoms with Gasteiger partial charge in [0.2, 0.25) is 0 Å². The second-order valence-corrected chi connectivity index (χ2v) is 7.75. The molecule has 4 aromatic rings. The van der Waals surface area contributed by atoms with Gasteiger partial charge < -0.3 is 10.2 Å². The molecule has 4 heterocycles. The second kappa shape index (κ2) is 7.09. The largest absolute Gasteiger partial charge is 0.394 e. The van der Waals surface area contributed by atoms with E-state index in [4.69, 9.17) is 10.1 Å². The van der Waals surface area contributed by atoms with Gasteiger partial charge in [0.05, 0.1) is 67.0 Å². The van der Waals surface area contributed by atoms with Gasteiger partial charge in [-0.05, 0) is 24.8 Å². The van der Waals surface area contributed by atoms with Gasteiger partial charge >= 0.3 is 0 Å². The summed E-state index contributed by atoms with van der Waals surface area (Å²) < 4.78 is 5.46. The molecule has 1 aliphatic rings. The summed E-state index contributed by atoms with van der Waals surface area (Å²) >= 11 is 0. The highest BCUT2D eigenvalue weighted by atomic mass is 16.3. The maximum Gasteiger partial charge on any atom is 0.0999 e. The smallest absolute Gasteiger partial charge is 0.0999 e. The van der Waals surface area contributed by atoms with Crippen molar-refractivity contribution in [2.45, 2.75) is 38.5 Å². The summed E-state index contributed by atoms with van der Waals surface area (Å²) in [7, 11) is 0. The highest BCUT2D eigenvalue weighted by molar-refractivity contribution is 5.78. The summed E-state index contributed by atoms with van der Waals surface area (Å²) in [5, 5.41) is 31.9. The lowest BCUT2D eigenvalue weighted by atomic mass is 9.81. The van der Waals surface area contributed by atoms with Crippen LogP contribution in [-0.4, -0.2) is 57.1 Å². The highest BCUT2D eigenvalue weighted by Gasteiger charge is 2.29. The molecular weight excluding hydrogens is 370 g/mol. The first kappa shape index (κ1) is 18.0.